The van der Waals surface area contributed by atoms with Gasteiger partial charge in [0, 0.05) is 5.57 Å². The summed E-state index contributed by atoms with van der Waals surface area (Å²) >= 11 is 2.82. The Hall–Kier alpha value is -0.910. The molecule has 88 valence electrons. The Kier molecular flexibility index (Phi) is 4.07. The first-order valence-electron chi connectivity index (χ1n) is 4.45. The summed E-state index contributed by atoms with van der Waals surface area (Å²) in [5.41, 5.74) is 0.0324. The smallest absolute Gasteiger partial charge is 0.290 e. The minimum Gasteiger partial charge on any atom is -0.290 e. The van der Waals surface area contributed by atoms with Crippen molar-refractivity contribution in [2.45, 2.75) is 12.6 Å². The standard InChI is InChI=1S/C10H8BrF3O2/c11-5-8(15)9(16)6-1-3-7(4-2-6)10(12,13)14/h1-3,7H,4-5H2. The normalized spacial score (nSPS) is 20.5. The van der Waals surface area contributed by atoms with E-state index in [-0.39, 0.29) is 17.3 Å². The molecule has 0 amide bonds. The van der Waals surface area contributed by atoms with Gasteiger partial charge in [0.05, 0.1) is 11.2 Å². The van der Waals surface area contributed by atoms with Crippen LogP contribution in [0.1, 0.15) is 6.42 Å². The first kappa shape index (κ1) is 13.2. The number of rotatable bonds is 3. The Bertz CT molecular complexity index is 369. The highest BCUT2D eigenvalue weighted by molar-refractivity contribution is 9.09. The summed E-state index contributed by atoms with van der Waals surface area (Å²) in [6, 6.07) is 0. The largest absolute Gasteiger partial charge is 0.395 e. The first-order valence-corrected chi connectivity index (χ1v) is 5.57. The van der Waals surface area contributed by atoms with Gasteiger partial charge in [-0.1, -0.05) is 34.2 Å². The molecular formula is C10H8BrF3O2. The third-order valence-corrected chi connectivity index (χ3v) is 2.67. The molecule has 0 radical (unpaired) electrons. The molecule has 0 aromatic carbocycles. The fraction of sp³-hybridized carbons (Fsp3) is 0.400. The van der Waals surface area contributed by atoms with Crippen LogP contribution in [0.3, 0.4) is 0 Å². The van der Waals surface area contributed by atoms with Crippen LogP contribution in [0.4, 0.5) is 13.2 Å². The van der Waals surface area contributed by atoms with E-state index >= 15 is 0 Å². The summed E-state index contributed by atoms with van der Waals surface area (Å²) in [5.74, 6) is -2.99. The summed E-state index contributed by atoms with van der Waals surface area (Å²) < 4.78 is 36.8. The van der Waals surface area contributed by atoms with Gasteiger partial charge in [0.25, 0.3) is 0 Å². The van der Waals surface area contributed by atoms with E-state index in [0.29, 0.717) is 0 Å². The van der Waals surface area contributed by atoms with Gasteiger partial charge >= 0.3 is 6.18 Å². The predicted octanol–water partition coefficient (Wildman–Crippen LogP) is 2.58. The van der Waals surface area contributed by atoms with Crippen molar-refractivity contribution in [3.8, 4) is 0 Å². The second-order valence-corrected chi connectivity index (χ2v) is 3.85. The van der Waals surface area contributed by atoms with Crippen molar-refractivity contribution in [2.75, 3.05) is 5.33 Å². The van der Waals surface area contributed by atoms with Gasteiger partial charge in [-0.05, 0) is 6.42 Å². The topological polar surface area (TPSA) is 34.1 Å². The van der Waals surface area contributed by atoms with E-state index in [2.05, 4.69) is 15.9 Å². The molecule has 0 heterocycles. The third kappa shape index (κ3) is 3.04. The summed E-state index contributed by atoms with van der Waals surface area (Å²) in [7, 11) is 0. The SMILES string of the molecule is O=C(CBr)C(=O)C1=CCC(C(F)(F)F)C=C1. The number of alkyl halides is 4. The van der Waals surface area contributed by atoms with Crippen LogP contribution in [-0.4, -0.2) is 23.1 Å². The monoisotopic (exact) mass is 296 g/mol. The van der Waals surface area contributed by atoms with E-state index in [0.717, 1.165) is 18.2 Å². The second-order valence-electron chi connectivity index (χ2n) is 3.29. The molecule has 0 spiro atoms. The van der Waals surface area contributed by atoms with Crippen molar-refractivity contribution in [1.29, 1.82) is 0 Å². The molecule has 0 bridgehead atoms. The van der Waals surface area contributed by atoms with Crippen molar-refractivity contribution in [2.24, 2.45) is 5.92 Å². The summed E-state index contributed by atoms with van der Waals surface area (Å²) in [6.07, 6.45) is -1.47. The van der Waals surface area contributed by atoms with E-state index in [9.17, 15) is 22.8 Å². The van der Waals surface area contributed by atoms with Gasteiger partial charge in [-0.2, -0.15) is 13.2 Å². The Morgan fingerprint density at radius 2 is 2.06 bits per heavy atom. The van der Waals surface area contributed by atoms with Crippen LogP contribution in [0, 0.1) is 5.92 Å². The molecule has 1 unspecified atom stereocenters. The van der Waals surface area contributed by atoms with Gasteiger partial charge in [0.2, 0.25) is 11.6 Å². The molecule has 1 atom stereocenters. The average molecular weight is 297 g/mol. The molecule has 1 aliphatic carbocycles. The minimum atomic E-state index is -4.30. The molecule has 6 heteroatoms. The number of carbonyl (C=O) groups is 2. The maximum absolute atomic E-state index is 12.3. The molecular weight excluding hydrogens is 289 g/mol. The fourth-order valence-electron chi connectivity index (χ4n) is 1.25. The van der Waals surface area contributed by atoms with Crippen molar-refractivity contribution in [1.82, 2.24) is 0 Å². The summed E-state index contributed by atoms with van der Waals surface area (Å²) in [6.45, 7) is 0. The van der Waals surface area contributed by atoms with Gasteiger partial charge in [0.1, 0.15) is 0 Å². The summed E-state index contributed by atoms with van der Waals surface area (Å²) in [5, 5.41) is -0.125. The van der Waals surface area contributed by atoms with Gasteiger partial charge in [-0.15, -0.1) is 0 Å². The third-order valence-electron chi connectivity index (χ3n) is 2.16. The lowest BCUT2D eigenvalue weighted by atomic mass is 9.93. The van der Waals surface area contributed by atoms with Crippen molar-refractivity contribution in [3.63, 3.8) is 0 Å². The maximum atomic E-state index is 12.3. The van der Waals surface area contributed by atoms with Crippen LogP contribution in [0.2, 0.25) is 0 Å². The van der Waals surface area contributed by atoms with Crippen LogP contribution >= 0.6 is 15.9 Å². The lowest BCUT2D eigenvalue weighted by Crippen LogP contribution is -2.24. The van der Waals surface area contributed by atoms with E-state index < -0.39 is 23.7 Å². The molecule has 0 saturated carbocycles. The zero-order valence-corrected chi connectivity index (χ0v) is 9.64. The Morgan fingerprint density at radius 3 is 2.44 bits per heavy atom. The highest BCUT2D eigenvalue weighted by Gasteiger charge is 2.38. The Balaban J connectivity index is 2.72. The molecule has 0 aliphatic heterocycles. The number of halogens is 4. The van der Waals surface area contributed by atoms with Gasteiger partial charge < -0.3 is 0 Å². The molecule has 0 N–H and O–H groups in total. The molecule has 0 saturated heterocycles. The van der Waals surface area contributed by atoms with Crippen molar-refractivity contribution in [3.05, 3.63) is 23.8 Å². The van der Waals surface area contributed by atoms with Crippen LogP contribution in [0.25, 0.3) is 0 Å². The Labute approximate surface area is 98.3 Å². The quantitative estimate of drug-likeness (QED) is 0.592. The zero-order valence-electron chi connectivity index (χ0n) is 8.05. The van der Waals surface area contributed by atoms with Crippen LogP contribution in [-0.2, 0) is 9.59 Å². The number of ketones is 2. The lowest BCUT2D eigenvalue weighted by molar-refractivity contribution is -0.160. The number of allylic oxidation sites excluding steroid dienone is 4. The van der Waals surface area contributed by atoms with E-state index in [1.54, 1.807) is 0 Å². The molecule has 16 heavy (non-hydrogen) atoms. The average Bonchev–Trinajstić information content (AvgIpc) is 2.26. The Morgan fingerprint density at radius 1 is 1.44 bits per heavy atom. The highest BCUT2D eigenvalue weighted by atomic mass is 79.9. The van der Waals surface area contributed by atoms with Gasteiger partial charge in [0.15, 0.2) is 0 Å². The van der Waals surface area contributed by atoms with Gasteiger partial charge in [-0.25, -0.2) is 0 Å². The molecule has 0 aromatic heterocycles. The number of carbonyl (C=O) groups excluding carboxylic acids is 2. The van der Waals surface area contributed by atoms with Crippen molar-refractivity contribution >= 4 is 27.5 Å². The first-order chi connectivity index (χ1) is 7.36. The van der Waals surface area contributed by atoms with E-state index in [1.165, 1.54) is 0 Å². The number of hydrogen-bond donors (Lipinski definition) is 0. The number of Topliss-reactive ketones (excluding diaryl/α,β-unsaturated/α-hetero) is 2. The second kappa shape index (κ2) is 4.95. The summed E-state index contributed by atoms with van der Waals surface area (Å²) in [4.78, 5) is 22.3. The predicted molar refractivity (Wildman–Crippen MR) is 55.2 cm³/mol. The van der Waals surface area contributed by atoms with Crippen molar-refractivity contribution < 1.29 is 22.8 Å². The molecule has 1 rings (SSSR count). The minimum absolute atomic E-state index is 0.0324. The number of hydrogen-bond acceptors (Lipinski definition) is 2. The molecule has 0 fully saturated rings. The van der Waals surface area contributed by atoms with Crippen LogP contribution in [0.15, 0.2) is 23.8 Å². The van der Waals surface area contributed by atoms with Crippen LogP contribution < -0.4 is 0 Å². The maximum Gasteiger partial charge on any atom is 0.395 e. The van der Waals surface area contributed by atoms with Gasteiger partial charge in [-0.3, -0.25) is 9.59 Å². The van der Waals surface area contributed by atoms with E-state index in [4.69, 9.17) is 0 Å². The molecule has 0 aromatic rings. The van der Waals surface area contributed by atoms with Crippen LogP contribution in [0.5, 0.6) is 0 Å². The molecule has 1 aliphatic rings. The highest BCUT2D eigenvalue weighted by Crippen LogP contribution is 2.33. The zero-order chi connectivity index (χ0) is 12.3. The lowest BCUT2D eigenvalue weighted by Gasteiger charge is -2.18. The van der Waals surface area contributed by atoms with E-state index in [1.807, 2.05) is 0 Å². The fourth-order valence-corrected chi connectivity index (χ4v) is 1.51. The molecule has 2 nitrogen and oxygen atoms in total.